The maximum atomic E-state index is 12.3. The molecule has 2 rings (SSSR count). The largest absolute Gasteiger partial charge is 0.468 e. The van der Waals surface area contributed by atoms with Crippen molar-refractivity contribution in [3.05, 3.63) is 11.6 Å². The minimum Gasteiger partial charge on any atom is -0.468 e. The van der Waals surface area contributed by atoms with Crippen LogP contribution in [0.5, 0.6) is 0 Å². The number of ketones is 1. The van der Waals surface area contributed by atoms with Crippen molar-refractivity contribution in [2.24, 2.45) is 5.41 Å². The number of rotatable bonds is 1. The Morgan fingerprint density at radius 1 is 1.32 bits per heavy atom. The predicted molar refractivity (Wildman–Crippen MR) is 79.2 cm³/mol. The number of ether oxygens (including phenoxy) is 2. The molecule has 122 valence electrons. The van der Waals surface area contributed by atoms with E-state index in [1.54, 1.807) is 26.8 Å². The van der Waals surface area contributed by atoms with Crippen molar-refractivity contribution >= 4 is 17.8 Å². The smallest absolute Gasteiger partial charge is 0.410 e. The first kappa shape index (κ1) is 16.5. The molecule has 22 heavy (non-hydrogen) atoms. The summed E-state index contributed by atoms with van der Waals surface area (Å²) in [6, 6.07) is 0. The Morgan fingerprint density at radius 3 is 2.59 bits per heavy atom. The molecule has 0 aromatic heterocycles. The van der Waals surface area contributed by atoms with Gasteiger partial charge >= 0.3 is 12.1 Å². The average Bonchev–Trinajstić information content (AvgIpc) is 2.44. The van der Waals surface area contributed by atoms with Gasteiger partial charge in [-0.05, 0) is 32.8 Å². The zero-order chi connectivity index (χ0) is 16.5. The van der Waals surface area contributed by atoms with Gasteiger partial charge in [0.2, 0.25) is 0 Å². The molecular weight excluding hydrogens is 286 g/mol. The van der Waals surface area contributed by atoms with Crippen molar-refractivity contribution < 1.29 is 23.9 Å². The number of hydrogen-bond donors (Lipinski definition) is 0. The molecule has 0 aromatic rings. The molecule has 1 saturated carbocycles. The molecule has 0 saturated heterocycles. The number of carbonyl (C=O) groups excluding carboxylic acids is 3. The van der Waals surface area contributed by atoms with Gasteiger partial charge in [-0.25, -0.2) is 4.79 Å². The van der Waals surface area contributed by atoms with Crippen LogP contribution in [-0.4, -0.2) is 48.5 Å². The first-order chi connectivity index (χ1) is 10.2. The van der Waals surface area contributed by atoms with Crippen molar-refractivity contribution in [1.82, 2.24) is 4.90 Å². The maximum absolute atomic E-state index is 12.3. The zero-order valence-electron chi connectivity index (χ0n) is 13.6. The minimum absolute atomic E-state index is 0.122. The molecule has 1 aliphatic heterocycles. The fourth-order valence-electron chi connectivity index (χ4n) is 3.00. The summed E-state index contributed by atoms with van der Waals surface area (Å²) in [5.41, 5.74) is -0.727. The molecule has 0 N–H and O–H groups in total. The average molecular weight is 309 g/mol. The van der Waals surface area contributed by atoms with Crippen LogP contribution in [0, 0.1) is 5.41 Å². The van der Waals surface area contributed by atoms with E-state index in [0.29, 0.717) is 19.4 Å². The number of fused-ring (bicyclic) bond motifs is 1. The standard InChI is InChI=1S/C16H23NO5/c1-15(2,3)22-14(20)17-8-6-11-9-12(18)5-7-16(11,10-17)13(19)21-4/h6H,5,7-10H2,1-4H3. The number of carbonyl (C=O) groups is 3. The number of hydrogen-bond acceptors (Lipinski definition) is 5. The lowest BCUT2D eigenvalue weighted by Gasteiger charge is -2.43. The van der Waals surface area contributed by atoms with Crippen LogP contribution in [0.4, 0.5) is 4.79 Å². The first-order valence-corrected chi connectivity index (χ1v) is 7.45. The highest BCUT2D eigenvalue weighted by molar-refractivity contribution is 5.90. The van der Waals surface area contributed by atoms with Crippen molar-refractivity contribution in [2.45, 2.75) is 45.6 Å². The maximum Gasteiger partial charge on any atom is 0.410 e. The van der Waals surface area contributed by atoms with Gasteiger partial charge in [0.15, 0.2) is 0 Å². The monoisotopic (exact) mass is 309 g/mol. The predicted octanol–water partition coefficient (Wildman–Crippen LogP) is 2.08. The molecule has 0 bridgehead atoms. The molecule has 1 atom stereocenters. The Bertz CT molecular complexity index is 531. The van der Waals surface area contributed by atoms with Gasteiger partial charge in [0.25, 0.3) is 0 Å². The van der Waals surface area contributed by atoms with E-state index >= 15 is 0 Å². The summed E-state index contributed by atoms with van der Waals surface area (Å²) < 4.78 is 10.3. The lowest BCUT2D eigenvalue weighted by molar-refractivity contribution is -0.153. The fourth-order valence-corrected chi connectivity index (χ4v) is 3.00. The molecule has 1 aliphatic carbocycles. The molecule has 6 heteroatoms. The molecule has 1 heterocycles. The fraction of sp³-hybridized carbons (Fsp3) is 0.688. The number of esters is 1. The van der Waals surface area contributed by atoms with E-state index in [-0.39, 0.29) is 24.7 Å². The lowest BCUT2D eigenvalue weighted by Crippen LogP contribution is -2.53. The van der Waals surface area contributed by atoms with Crippen LogP contribution in [-0.2, 0) is 19.1 Å². The SMILES string of the molecule is COC(=O)C12CCC(=O)CC1=CCN(C(=O)OC(C)(C)C)C2. The summed E-state index contributed by atoms with van der Waals surface area (Å²) >= 11 is 0. The first-order valence-electron chi connectivity index (χ1n) is 7.45. The van der Waals surface area contributed by atoms with Gasteiger partial charge in [-0.1, -0.05) is 6.08 Å². The topological polar surface area (TPSA) is 72.9 Å². The second-order valence-electron chi connectivity index (χ2n) is 6.88. The Morgan fingerprint density at radius 2 is 2.00 bits per heavy atom. The van der Waals surface area contributed by atoms with Gasteiger partial charge in [0.05, 0.1) is 7.11 Å². The number of methoxy groups -OCH3 is 1. The lowest BCUT2D eigenvalue weighted by atomic mass is 9.68. The van der Waals surface area contributed by atoms with E-state index in [1.807, 2.05) is 0 Å². The van der Waals surface area contributed by atoms with E-state index in [0.717, 1.165) is 5.57 Å². The second kappa shape index (κ2) is 5.74. The van der Waals surface area contributed by atoms with Crippen LogP contribution in [0.3, 0.4) is 0 Å². The quantitative estimate of drug-likeness (QED) is 0.547. The molecule has 0 spiro atoms. The summed E-state index contributed by atoms with van der Waals surface area (Å²) in [5.74, 6) is -0.268. The van der Waals surface area contributed by atoms with E-state index in [1.165, 1.54) is 12.0 Å². The summed E-state index contributed by atoms with van der Waals surface area (Å²) in [4.78, 5) is 37.8. The third kappa shape index (κ3) is 3.15. The summed E-state index contributed by atoms with van der Waals surface area (Å²) in [6.07, 6.45) is 2.31. The highest BCUT2D eigenvalue weighted by atomic mass is 16.6. The zero-order valence-corrected chi connectivity index (χ0v) is 13.6. The van der Waals surface area contributed by atoms with Gasteiger partial charge in [-0.15, -0.1) is 0 Å². The highest BCUT2D eigenvalue weighted by Crippen LogP contribution is 2.43. The molecule has 0 radical (unpaired) electrons. The molecule has 1 fully saturated rings. The highest BCUT2D eigenvalue weighted by Gasteiger charge is 2.50. The molecule has 0 aromatic carbocycles. The van der Waals surface area contributed by atoms with Crippen LogP contribution < -0.4 is 0 Å². The van der Waals surface area contributed by atoms with Crippen molar-refractivity contribution in [3.8, 4) is 0 Å². The third-order valence-corrected chi connectivity index (χ3v) is 4.08. The summed E-state index contributed by atoms with van der Waals surface area (Å²) in [7, 11) is 1.33. The van der Waals surface area contributed by atoms with Crippen LogP contribution in [0.15, 0.2) is 11.6 Å². The van der Waals surface area contributed by atoms with Crippen LogP contribution in [0.25, 0.3) is 0 Å². The van der Waals surface area contributed by atoms with E-state index in [4.69, 9.17) is 9.47 Å². The van der Waals surface area contributed by atoms with Gasteiger partial charge in [0, 0.05) is 25.9 Å². The Balaban J connectivity index is 2.26. The number of nitrogens with zero attached hydrogens (tertiary/aromatic N) is 1. The van der Waals surface area contributed by atoms with E-state index in [9.17, 15) is 14.4 Å². The second-order valence-corrected chi connectivity index (χ2v) is 6.88. The summed E-state index contributed by atoms with van der Waals surface area (Å²) in [5, 5.41) is 0. The van der Waals surface area contributed by atoms with Gasteiger partial charge in [-0.2, -0.15) is 0 Å². The van der Waals surface area contributed by atoms with E-state index < -0.39 is 17.1 Å². The molecule has 6 nitrogen and oxygen atoms in total. The van der Waals surface area contributed by atoms with Gasteiger partial charge < -0.3 is 14.4 Å². The third-order valence-electron chi connectivity index (χ3n) is 4.08. The van der Waals surface area contributed by atoms with Crippen molar-refractivity contribution in [2.75, 3.05) is 20.2 Å². The normalized spacial score (nSPS) is 25.2. The molecule has 1 amide bonds. The molecule has 1 unspecified atom stereocenters. The van der Waals surface area contributed by atoms with E-state index in [2.05, 4.69) is 0 Å². The Kier molecular flexibility index (Phi) is 4.31. The van der Waals surface area contributed by atoms with Gasteiger partial charge in [0.1, 0.15) is 16.8 Å². The van der Waals surface area contributed by atoms with Crippen LogP contribution in [0.2, 0.25) is 0 Å². The minimum atomic E-state index is -0.905. The Labute approximate surface area is 130 Å². The molecular formula is C16H23NO5. The van der Waals surface area contributed by atoms with Gasteiger partial charge in [-0.3, -0.25) is 9.59 Å². The van der Waals surface area contributed by atoms with Crippen LogP contribution >= 0.6 is 0 Å². The number of amides is 1. The van der Waals surface area contributed by atoms with Crippen LogP contribution in [0.1, 0.15) is 40.0 Å². The Hall–Kier alpha value is -1.85. The van der Waals surface area contributed by atoms with Crippen molar-refractivity contribution in [1.29, 1.82) is 0 Å². The molecule has 2 aliphatic rings. The van der Waals surface area contributed by atoms with Crippen molar-refractivity contribution in [3.63, 3.8) is 0 Å². The summed E-state index contributed by atoms with van der Waals surface area (Å²) in [6.45, 7) is 5.94. The number of Topliss-reactive ketones (excluding diaryl/α,β-unsaturated/α-hetero) is 1.